The summed E-state index contributed by atoms with van der Waals surface area (Å²) in [6, 6.07) is 4.53. The highest BCUT2D eigenvalue weighted by molar-refractivity contribution is 5.55. The molecule has 0 saturated heterocycles. The van der Waals surface area contributed by atoms with Crippen molar-refractivity contribution in [2.45, 2.75) is 13.3 Å². The van der Waals surface area contributed by atoms with Gasteiger partial charge < -0.3 is 4.74 Å². The third kappa shape index (κ3) is 3.48. The largest absolute Gasteiger partial charge is 0.488 e. The summed E-state index contributed by atoms with van der Waals surface area (Å²) in [5.41, 5.74) is 1.12. The van der Waals surface area contributed by atoms with Gasteiger partial charge in [0.25, 0.3) is 6.43 Å². The molecule has 0 aliphatic rings. The van der Waals surface area contributed by atoms with Crippen molar-refractivity contribution >= 4 is 11.8 Å². The SMILES string of the molecule is Cc1cc(OCC(F)F)ccc1N=C=O. The first-order valence-electron chi connectivity index (χ1n) is 4.23. The molecular formula is C10H9F2NO2. The van der Waals surface area contributed by atoms with Gasteiger partial charge in [-0.1, -0.05) is 0 Å². The van der Waals surface area contributed by atoms with Crippen LogP contribution in [0.15, 0.2) is 23.2 Å². The lowest BCUT2D eigenvalue weighted by atomic mass is 10.2. The van der Waals surface area contributed by atoms with E-state index in [0.717, 1.165) is 0 Å². The number of hydrogen-bond donors (Lipinski definition) is 0. The Balaban J connectivity index is 2.77. The predicted octanol–water partition coefficient (Wildman–Crippen LogP) is 2.61. The van der Waals surface area contributed by atoms with E-state index in [1.54, 1.807) is 13.0 Å². The Bertz CT molecular complexity index is 387. The number of alkyl halides is 2. The zero-order chi connectivity index (χ0) is 11.3. The van der Waals surface area contributed by atoms with Gasteiger partial charge in [-0.05, 0) is 30.7 Å². The van der Waals surface area contributed by atoms with Gasteiger partial charge >= 0.3 is 0 Å². The number of isocyanates is 1. The smallest absolute Gasteiger partial charge is 0.272 e. The average Bonchev–Trinajstić information content (AvgIpc) is 2.19. The first-order valence-corrected chi connectivity index (χ1v) is 4.23. The quantitative estimate of drug-likeness (QED) is 0.569. The van der Waals surface area contributed by atoms with Gasteiger partial charge in [-0.15, -0.1) is 0 Å². The van der Waals surface area contributed by atoms with Crippen LogP contribution in [-0.2, 0) is 4.79 Å². The molecule has 0 amide bonds. The van der Waals surface area contributed by atoms with Crippen LogP contribution in [0.5, 0.6) is 5.75 Å². The fourth-order valence-electron chi connectivity index (χ4n) is 1.05. The molecule has 0 bridgehead atoms. The lowest BCUT2D eigenvalue weighted by molar-refractivity contribution is 0.0819. The van der Waals surface area contributed by atoms with E-state index in [2.05, 4.69) is 4.99 Å². The Hall–Kier alpha value is -1.74. The number of halogens is 2. The van der Waals surface area contributed by atoms with Crippen molar-refractivity contribution in [2.75, 3.05) is 6.61 Å². The van der Waals surface area contributed by atoms with Gasteiger partial charge in [0.1, 0.15) is 12.4 Å². The van der Waals surface area contributed by atoms with E-state index in [1.165, 1.54) is 18.2 Å². The van der Waals surface area contributed by atoms with Gasteiger partial charge in [-0.2, -0.15) is 4.99 Å². The van der Waals surface area contributed by atoms with Gasteiger partial charge in [0.15, 0.2) is 0 Å². The number of rotatable bonds is 4. The number of benzene rings is 1. The van der Waals surface area contributed by atoms with Gasteiger partial charge in [-0.25, -0.2) is 13.6 Å². The van der Waals surface area contributed by atoms with Gasteiger partial charge in [0.2, 0.25) is 6.08 Å². The summed E-state index contributed by atoms with van der Waals surface area (Å²) < 4.78 is 28.4. The molecule has 0 aliphatic carbocycles. The fourth-order valence-corrected chi connectivity index (χ4v) is 1.05. The average molecular weight is 213 g/mol. The molecule has 15 heavy (non-hydrogen) atoms. The van der Waals surface area contributed by atoms with Crippen LogP contribution in [0.1, 0.15) is 5.56 Å². The van der Waals surface area contributed by atoms with Crippen LogP contribution in [0, 0.1) is 6.92 Å². The topological polar surface area (TPSA) is 38.7 Å². The Labute approximate surface area is 85.4 Å². The van der Waals surface area contributed by atoms with E-state index >= 15 is 0 Å². The maximum absolute atomic E-state index is 11.8. The van der Waals surface area contributed by atoms with Crippen LogP contribution in [0.2, 0.25) is 0 Å². The predicted molar refractivity (Wildman–Crippen MR) is 50.5 cm³/mol. The van der Waals surface area contributed by atoms with Crippen LogP contribution < -0.4 is 4.74 Å². The second-order valence-electron chi connectivity index (χ2n) is 2.85. The molecule has 0 saturated carbocycles. The molecule has 0 atom stereocenters. The molecule has 0 unspecified atom stereocenters. The standard InChI is InChI=1S/C10H9F2NO2/c1-7-4-8(15-5-10(11)12)2-3-9(7)13-6-14/h2-4,10H,5H2,1H3. The van der Waals surface area contributed by atoms with Gasteiger partial charge in [0, 0.05) is 0 Å². The van der Waals surface area contributed by atoms with Crippen molar-refractivity contribution in [3.63, 3.8) is 0 Å². The highest BCUT2D eigenvalue weighted by atomic mass is 19.3. The van der Waals surface area contributed by atoms with E-state index in [-0.39, 0.29) is 0 Å². The molecule has 0 aromatic heterocycles. The Morgan fingerprint density at radius 3 is 2.80 bits per heavy atom. The Kier molecular flexibility index (Phi) is 3.94. The summed E-state index contributed by atoms with van der Waals surface area (Å²) in [6.07, 6.45) is -1.09. The zero-order valence-corrected chi connectivity index (χ0v) is 8.04. The number of aliphatic imine (C=N–C) groups is 1. The molecule has 0 radical (unpaired) electrons. The summed E-state index contributed by atoms with van der Waals surface area (Å²) in [4.78, 5) is 13.4. The first kappa shape index (κ1) is 11.3. The summed E-state index contributed by atoms with van der Waals surface area (Å²) in [6.45, 7) is 1.06. The molecule has 1 aromatic rings. The molecule has 1 aromatic carbocycles. The van der Waals surface area contributed by atoms with E-state index in [4.69, 9.17) is 4.74 Å². The number of nitrogens with zero attached hydrogens (tertiary/aromatic N) is 1. The first-order chi connectivity index (χ1) is 7.13. The number of ether oxygens (including phenoxy) is 1. The number of aryl methyl sites for hydroxylation is 1. The normalized spacial score (nSPS) is 9.87. The highest BCUT2D eigenvalue weighted by Crippen LogP contribution is 2.23. The summed E-state index contributed by atoms with van der Waals surface area (Å²) >= 11 is 0. The third-order valence-electron chi connectivity index (χ3n) is 1.71. The molecule has 0 heterocycles. The van der Waals surface area contributed by atoms with Gasteiger partial charge in [-0.3, -0.25) is 0 Å². The maximum atomic E-state index is 11.8. The second kappa shape index (κ2) is 5.22. The molecule has 0 aliphatic heterocycles. The molecule has 1 rings (SSSR count). The molecule has 5 heteroatoms. The molecule has 0 fully saturated rings. The lowest BCUT2D eigenvalue weighted by Gasteiger charge is -2.06. The second-order valence-corrected chi connectivity index (χ2v) is 2.85. The van der Waals surface area contributed by atoms with Crippen molar-refractivity contribution < 1.29 is 18.3 Å². The van der Waals surface area contributed by atoms with Crippen molar-refractivity contribution in [3.05, 3.63) is 23.8 Å². The van der Waals surface area contributed by atoms with E-state index < -0.39 is 13.0 Å². The van der Waals surface area contributed by atoms with Crippen molar-refractivity contribution in [3.8, 4) is 5.75 Å². The van der Waals surface area contributed by atoms with E-state index in [1.807, 2.05) is 0 Å². The van der Waals surface area contributed by atoms with Crippen LogP contribution in [-0.4, -0.2) is 19.1 Å². The number of hydrogen-bond acceptors (Lipinski definition) is 3. The van der Waals surface area contributed by atoms with Crippen LogP contribution in [0.4, 0.5) is 14.5 Å². The lowest BCUT2D eigenvalue weighted by Crippen LogP contribution is -2.06. The van der Waals surface area contributed by atoms with E-state index in [0.29, 0.717) is 17.0 Å². The minimum atomic E-state index is -2.50. The van der Waals surface area contributed by atoms with Crippen molar-refractivity contribution in [1.82, 2.24) is 0 Å². The molecular weight excluding hydrogens is 204 g/mol. The van der Waals surface area contributed by atoms with Crippen LogP contribution in [0.25, 0.3) is 0 Å². The van der Waals surface area contributed by atoms with Crippen molar-refractivity contribution in [1.29, 1.82) is 0 Å². The zero-order valence-electron chi connectivity index (χ0n) is 8.04. The maximum Gasteiger partial charge on any atom is 0.272 e. The Morgan fingerprint density at radius 1 is 1.53 bits per heavy atom. The van der Waals surface area contributed by atoms with Crippen LogP contribution in [0.3, 0.4) is 0 Å². The molecule has 80 valence electrons. The summed E-state index contributed by atoms with van der Waals surface area (Å²) in [7, 11) is 0. The van der Waals surface area contributed by atoms with Crippen molar-refractivity contribution in [2.24, 2.45) is 4.99 Å². The highest BCUT2D eigenvalue weighted by Gasteiger charge is 2.04. The fraction of sp³-hybridized carbons (Fsp3) is 0.300. The Morgan fingerprint density at radius 2 is 2.27 bits per heavy atom. The van der Waals surface area contributed by atoms with E-state index in [9.17, 15) is 13.6 Å². The molecule has 3 nitrogen and oxygen atoms in total. The molecule has 0 spiro atoms. The third-order valence-corrected chi connectivity index (χ3v) is 1.71. The van der Waals surface area contributed by atoms with Gasteiger partial charge in [0.05, 0.1) is 5.69 Å². The van der Waals surface area contributed by atoms with Crippen LogP contribution >= 0.6 is 0 Å². The summed E-state index contributed by atoms with van der Waals surface area (Å²) in [5.74, 6) is 0.331. The molecule has 0 N–H and O–H groups in total. The minimum Gasteiger partial charge on any atom is -0.488 e. The minimum absolute atomic E-state index is 0.331. The number of carbonyl (C=O) groups excluding carboxylic acids is 1. The monoisotopic (exact) mass is 213 g/mol. The summed E-state index contributed by atoms with van der Waals surface area (Å²) in [5, 5.41) is 0.